The molecule has 1 N–H and O–H groups in total. The summed E-state index contributed by atoms with van der Waals surface area (Å²) < 4.78 is 5.51. The lowest BCUT2D eigenvalue weighted by molar-refractivity contribution is -0.000370. The van der Waals surface area contributed by atoms with Gasteiger partial charge in [-0.3, -0.25) is 14.8 Å². The molecule has 0 radical (unpaired) electrons. The maximum absolute atomic E-state index is 10.0. The van der Waals surface area contributed by atoms with E-state index in [9.17, 15) is 5.11 Å². The molecule has 1 saturated heterocycles. The normalized spacial score (nSPS) is 18.7. The third-order valence-corrected chi connectivity index (χ3v) is 3.85. The Morgan fingerprint density at radius 2 is 1.73 bits per heavy atom. The van der Waals surface area contributed by atoms with Gasteiger partial charge in [-0.15, -0.1) is 0 Å². The smallest absolute Gasteiger partial charge is 0.0900 e. The van der Waals surface area contributed by atoms with Crippen LogP contribution in [-0.4, -0.2) is 71.9 Å². The zero-order valence-corrected chi connectivity index (χ0v) is 13.8. The van der Waals surface area contributed by atoms with E-state index in [2.05, 4.69) is 40.8 Å². The van der Waals surface area contributed by atoms with E-state index >= 15 is 0 Å². The van der Waals surface area contributed by atoms with Crippen molar-refractivity contribution >= 4 is 0 Å². The lowest BCUT2D eigenvalue weighted by Gasteiger charge is -2.35. The predicted molar refractivity (Wildman–Crippen MR) is 87.6 cm³/mol. The van der Waals surface area contributed by atoms with E-state index in [1.807, 2.05) is 12.4 Å². The van der Waals surface area contributed by atoms with Crippen LogP contribution in [-0.2, 0) is 11.3 Å². The number of hydrogen-bond acceptors (Lipinski definition) is 5. The fourth-order valence-electron chi connectivity index (χ4n) is 2.67. The number of hydrogen-bond donors (Lipinski definition) is 1. The summed E-state index contributed by atoms with van der Waals surface area (Å²) in [6.45, 7) is 11.2. The Hall–Kier alpha value is -1.01. The van der Waals surface area contributed by atoms with E-state index in [4.69, 9.17) is 4.74 Å². The standard InChI is InChI=1S/C17H29N3O2/c1-15(2)13-22-14-17(21)12-20-9-7-19(8-10-20)11-16-3-5-18-6-4-16/h3-6,15,17,21H,7-14H2,1-2H3. The van der Waals surface area contributed by atoms with Crippen LogP contribution in [0.1, 0.15) is 19.4 Å². The topological polar surface area (TPSA) is 48.8 Å². The van der Waals surface area contributed by atoms with Gasteiger partial charge >= 0.3 is 0 Å². The Bertz CT molecular complexity index is 406. The maximum atomic E-state index is 10.0. The zero-order valence-electron chi connectivity index (χ0n) is 13.8. The largest absolute Gasteiger partial charge is 0.389 e. The van der Waals surface area contributed by atoms with Crippen molar-refractivity contribution in [2.45, 2.75) is 26.5 Å². The van der Waals surface area contributed by atoms with Crippen LogP contribution in [0.5, 0.6) is 0 Å². The van der Waals surface area contributed by atoms with E-state index < -0.39 is 0 Å². The molecule has 1 aromatic heterocycles. The monoisotopic (exact) mass is 307 g/mol. The number of aliphatic hydroxyl groups is 1. The van der Waals surface area contributed by atoms with E-state index in [0.717, 1.165) is 39.3 Å². The molecule has 5 heteroatoms. The highest BCUT2D eigenvalue weighted by molar-refractivity contribution is 5.09. The summed E-state index contributed by atoms with van der Waals surface area (Å²) in [5.41, 5.74) is 1.31. The van der Waals surface area contributed by atoms with E-state index in [0.29, 0.717) is 19.1 Å². The third kappa shape index (κ3) is 6.40. The number of β-amino-alcohol motifs (C(OH)–C–C–N with tert-alkyl or cyclic N) is 1. The minimum Gasteiger partial charge on any atom is -0.389 e. The molecule has 0 amide bonds. The van der Waals surface area contributed by atoms with Crippen LogP contribution in [0, 0.1) is 5.92 Å². The first-order valence-electron chi connectivity index (χ1n) is 8.23. The van der Waals surface area contributed by atoms with Crippen molar-refractivity contribution in [3.63, 3.8) is 0 Å². The average Bonchev–Trinajstić information content (AvgIpc) is 2.50. The highest BCUT2D eigenvalue weighted by Gasteiger charge is 2.19. The van der Waals surface area contributed by atoms with Crippen LogP contribution in [0.3, 0.4) is 0 Å². The zero-order chi connectivity index (χ0) is 15.8. The molecule has 1 atom stereocenters. The molecule has 0 saturated carbocycles. The Kier molecular flexibility index (Phi) is 7.25. The van der Waals surface area contributed by atoms with Crippen molar-refractivity contribution in [3.05, 3.63) is 30.1 Å². The molecule has 1 aliphatic rings. The maximum Gasteiger partial charge on any atom is 0.0900 e. The summed E-state index contributed by atoms with van der Waals surface area (Å²) in [7, 11) is 0. The van der Waals surface area contributed by atoms with Gasteiger partial charge in [-0.25, -0.2) is 0 Å². The number of aliphatic hydroxyl groups excluding tert-OH is 1. The van der Waals surface area contributed by atoms with Gasteiger partial charge < -0.3 is 9.84 Å². The van der Waals surface area contributed by atoms with Crippen molar-refractivity contribution in [1.29, 1.82) is 0 Å². The van der Waals surface area contributed by atoms with Gasteiger partial charge in [-0.1, -0.05) is 13.8 Å². The average molecular weight is 307 g/mol. The first kappa shape index (κ1) is 17.3. The molecule has 2 heterocycles. The summed E-state index contributed by atoms with van der Waals surface area (Å²) in [6, 6.07) is 4.14. The predicted octanol–water partition coefficient (Wildman–Crippen LogP) is 1.23. The minimum absolute atomic E-state index is 0.384. The Balaban J connectivity index is 1.62. The summed E-state index contributed by atoms with van der Waals surface area (Å²) in [5.74, 6) is 0.518. The molecule has 22 heavy (non-hydrogen) atoms. The molecule has 5 nitrogen and oxygen atoms in total. The number of nitrogens with zero attached hydrogens (tertiary/aromatic N) is 3. The molecule has 0 bridgehead atoms. The van der Waals surface area contributed by atoms with E-state index in [-0.39, 0.29) is 6.10 Å². The second-order valence-corrected chi connectivity index (χ2v) is 6.52. The molecule has 0 aliphatic carbocycles. The molecule has 124 valence electrons. The highest BCUT2D eigenvalue weighted by atomic mass is 16.5. The lowest BCUT2D eigenvalue weighted by Crippen LogP contribution is -2.48. The summed E-state index contributed by atoms with van der Waals surface area (Å²) in [6.07, 6.45) is 3.31. The Morgan fingerprint density at radius 1 is 1.09 bits per heavy atom. The van der Waals surface area contributed by atoms with Gasteiger partial charge in [0, 0.05) is 58.3 Å². The van der Waals surface area contributed by atoms with Crippen LogP contribution in [0.25, 0.3) is 0 Å². The van der Waals surface area contributed by atoms with Gasteiger partial charge in [0.1, 0.15) is 0 Å². The van der Waals surface area contributed by atoms with Gasteiger partial charge in [-0.05, 0) is 23.6 Å². The van der Waals surface area contributed by atoms with Gasteiger partial charge in [0.15, 0.2) is 0 Å². The summed E-state index contributed by atoms with van der Waals surface area (Å²) >= 11 is 0. The van der Waals surface area contributed by atoms with Crippen molar-refractivity contribution in [2.24, 2.45) is 5.92 Å². The molecule has 0 spiro atoms. The molecular weight excluding hydrogens is 278 g/mol. The first-order valence-corrected chi connectivity index (χ1v) is 8.23. The van der Waals surface area contributed by atoms with Crippen molar-refractivity contribution < 1.29 is 9.84 Å². The van der Waals surface area contributed by atoms with Gasteiger partial charge in [0.25, 0.3) is 0 Å². The quantitative estimate of drug-likeness (QED) is 0.783. The Morgan fingerprint density at radius 3 is 2.36 bits per heavy atom. The SMILES string of the molecule is CC(C)COCC(O)CN1CCN(Cc2ccncc2)CC1. The van der Waals surface area contributed by atoms with Crippen LogP contribution in [0.2, 0.25) is 0 Å². The highest BCUT2D eigenvalue weighted by Crippen LogP contribution is 2.08. The fraction of sp³-hybridized carbons (Fsp3) is 0.706. The molecule has 1 aliphatic heterocycles. The molecular formula is C17H29N3O2. The van der Waals surface area contributed by atoms with Gasteiger partial charge in [-0.2, -0.15) is 0 Å². The first-order chi connectivity index (χ1) is 10.6. The van der Waals surface area contributed by atoms with E-state index in [1.54, 1.807) is 0 Å². The van der Waals surface area contributed by atoms with Crippen LogP contribution >= 0.6 is 0 Å². The second-order valence-electron chi connectivity index (χ2n) is 6.52. The fourth-order valence-corrected chi connectivity index (χ4v) is 2.67. The number of aromatic nitrogens is 1. The van der Waals surface area contributed by atoms with Crippen molar-refractivity contribution in [3.8, 4) is 0 Å². The number of rotatable bonds is 8. The Labute approximate surface area is 133 Å². The number of piperazine rings is 1. The van der Waals surface area contributed by atoms with Crippen LogP contribution in [0.15, 0.2) is 24.5 Å². The second kappa shape index (κ2) is 9.20. The number of pyridine rings is 1. The minimum atomic E-state index is -0.384. The van der Waals surface area contributed by atoms with Crippen molar-refractivity contribution in [2.75, 3.05) is 45.9 Å². The molecule has 1 aromatic rings. The van der Waals surface area contributed by atoms with E-state index in [1.165, 1.54) is 5.56 Å². The summed E-state index contributed by atoms with van der Waals surface area (Å²) in [5, 5.41) is 10.0. The lowest BCUT2D eigenvalue weighted by atomic mass is 10.2. The van der Waals surface area contributed by atoms with Gasteiger partial charge in [0.2, 0.25) is 0 Å². The summed E-state index contributed by atoms with van der Waals surface area (Å²) in [4.78, 5) is 8.83. The molecule has 1 unspecified atom stereocenters. The van der Waals surface area contributed by atoms with Gasteiger partial charge in [0.05, 0.1) is 12.7 Å². The van der Waals surface area contributed by atoms with Crippen LogP contribution < -0.4 is 0 Å². The van der Waals surface area contributed by atoms with Crippen molar-refractivity contribution in [1.82, 2.24) is 14.8 Å². The third-order valence-electron chi connectivity index (χ3n) is 3.85. The molecule has 0 aromatic carbocycles. The number of ether oxygens (including phenoxy) is 1. The molecule has 1 fully saturated rings. The van der Waals surface area contributed by atoms with Crippen LogP contribution in [0.4, 0.5) is 0 Å². The molecule has 2 rings (SSSR count).